The summed E-state index contributed by atoms with van der Waals surface area (Å²) in [6, 6.07) is 16.5. The molecule has 142 valence electrons. The lowest BCUT2D eigenvalue weighted by Crippen LogP contribution is -3.07. The predicted molar refractivity (Wildman–Crippen MR) is 110 cm³/mol. The van der Waals surface area contributed by atoms with Crippen molar-refractivity contribution in [2.24, 2.45) is 7.05 Å². The second-order valence-corrected chi connectivity index (χ2v) is 7.21. The summed E-state index contributed by atoms with van der Waals surface area (Å²) < 4.78 is 10.1. The standard InChI is InChI=1S/C21H26N4OS/c1-5-26-18-12-10-17(11-13-18)14-23(3)15-25-21(27)24(4)20(22-25)19-9-7-6-8-16(19)2/h6-13H,5,14-15H2,1-4H3/p+1. The molecule has 0 radical (unpaired) electrons. The van der Waals surface area contributed by atoms with Gasteiger partial charge in [-0.3, -0.25) is 0 Å². The zero-order valence-electron chi connectivity index (χ0n) is 16.4. The molecule has 3 rings (SSSR count). The second-order valence-electron chi connectivity index (χ2n) is 6.85. The summed E-state index contributed by atoms with van der Waals surface area (Å²) in [5.74, 6) is 1.82. The maximum absolute atomic E-state index is 5.62. The van der Waals surface area contributed by atoms with Crippen LogP contribution in [0.2, 0.25) is 0 Å². The molecule has 27 heavy (non-hydrogen) atoms. The van der Waals surface area contributed by atoms with Crippen LogP contribution in [0.3, 0.4) is 0 Å². The van der Waals surface area contributed by atoms with Crippen molar-refractivity contribution in [3.05, 3.63) is 64.4 Å². The molecule has 1 N–H and O–H groups in total. The zero-order valence-corrected chi connectivity index (χ0v) is 17.2. The predicted octanol–water partition coefficient (Wildman–Crippen LogP) is 3.00. The van der Waals surface area contributed by atoms with Gasteiger partial charge in [-0.1, -0.05) is 24.3 Å². The summed E-state index contributed by atoms with van der Waals surface area (Å²) in [6.07, 6.45) is 0. The van der Waals surface area contributed by atoms with E-state index >= 15 is 0 Å². The van der Waals surface area contributed by atoms with E-state index in [1.165, 1.54) is 16.0 Å². The molecule has 5 nitrogen and oxygen atoms in total. The number of aryl methyl sites for hydroxylation is 1. The van der Waals surface area contributed by atoms with Gasteiger partial charge in [0, 0.05) is 18.2 Å². The molecule has 0 amide bonds. The van der Waals surface area contributed by atoms with Gasteiger partial charge in [0.15, 0.2) is 12.5 Å². The van der Waals surface area contributed by atoms with E-state index in [0.29, 0.717) is 13.3 Å². The summed E-state index contributed by atoms with van der Waals surface area (Å²) in [6.45, 7) is 6.38. The van der Waals surface area contributed by atoms with Crippen LogP contribution in [0.4, 0.5) is 0 Å². The van der Waals surface area contributed by atoms with Gasteiger partial charge in [-0.15, -0.1) is 5.10 Å². The highest BCUT2D eigenvalue weighted by molar-refractivity contribution is 7.71. The van der Waals surface area contributed by atoms with Gasteiger partial charge in [-0.2, -0.15) is 4.68 Å². The highest BCUT2D eigenvalue weighted by Gasteiger charge is 2.14. The molecular formula is C21H27N4OS+. The first-order valence-corrected chi connectivity index (χ1v) is 9.63. The van der Waals surface area contributed by atoms with Crippen molar-refractivity contribution in [2.75, 3.05) is 13.7 Å². The average molecular weight is 384 g/mol. The lowest BCUT2D eigenvalue weighted by atomic mass is 10.1. The van der Waals surface area contributed by atoms with E-state index in [9.17, 15) is 0 Å². The molecule has 6 heteroatoms. The van der Waals surface area contributed by atoms with Gasteiger partial charge in [-0.25, -0.2) is 0 Å². The van der Waals surface area contributed by atoms with Crippen molar-refractivity contribution < 1.29 is 9.64 Å². The quantitative estimate of drug-likeness (QED) is 0.637. The fourth-order valence-electron chi connectivity index (χ4n) is 3.18. The van der Waals surface area contributed by atoms with Crippen molar-refractivity contribution in [3.8, 4) is 17.1 Å². The van der Waals surface area contributed by atoms with Crippen LogP contribution in [0, 0.1) is 11.7 Å². The molecule has 0 aliphatic heterocycles. The lowest BCUT2D eigenvalue weighted by Gasteiger charge is -2.14. The third-order valence-corrected chi connectivity index (χ3v) is 5.07. The summed E-state index contributed by atoms with van der Waals surface area (Å²) in [5, 5.41) is 4.80. The largest absolute Gasteiger partial charge is 0.494 e. The van der Waals surface area contributed by atoms with Gasteiger partial charge in [0.05, 0.1) is 13.7 Å². The number of hydrogen-bond donors (Lipinski definition) is 1. The summed E-state index contributed by atoms with van der Waals surface area (Å²) >= 11 is 5.62. The van der Waals surface area contributed by atoms with Crippen LogP contribution in [-0.4, -0.2) is 28.0 Å². The van der Waals surface area contributed by atoms with Gasteiger partial charge >= 0.3 is 0 Å². The third kappa shape index (κ3) is 4.46. The topological polar surface area (TPSA) is 36.4 Å². The van der Waals surface area contributed by atoms with Gasteiger partial charge in [0.1, 0.15) is 12.3 Å². The number of nitrogens with one attached hydrogen (secondary N) is 1. The summed E-state index contributed by atoms with van der Waals surface area (Å²) in [7, 11) is 4.13. The molecule has 0 aliphatic rings. The molecule has 0 spiro atoms. The van der Waals surface area contributed by atoms with E-state index in [0.717, 1.165) is 28.5 Å². The lowest BCUT2D eigenvalue weighted by molar-refractivity contribution is -0.917. The minimum Gasteiger partial charge on any atom is -0.494 e. The van der Waals surface area contributed by atoms with Crippen LogP contribution in [0.5, 0.6) is 5.75 Å². The normalized spacial score (nSPS) is 12.1. The number of nitrogens with zero attached hydrogens (tertiary/aromatic N) is 3. The Morgan fingerprint density at radius 1 is 1.11 bits per heavy atom. The molecule has 1 atom stereocenters. The van der Waals surface area contributed by atoms with Crippen molar-refractivity contribution in [1.82, 2.24) is 14.3 Å². The smallest absolute Gasteiger partial charge is 0.202 e. The van der Waals surface area contributed by atoms with Crippen LogP contribution in [-0.2, 0) is 20.3 Å². The Morgan fingerprint density at radius 2 is 1.81 bits per heavy atom. The minimum atomic E-state index is 0.686. The fourth-order valence-corrected chi connectivity index (χ4v) is 3.37. The summed E-state index contributed by atoms with van der Waals surface area (Å²) in [5.41, 5.74) is 3.58. The highest BCUT2D eigenvalue weighted by Crippen LogP contribution is 2.21. The third-order valence-electron chi connectivity index (χ3n) is 4.59. The van der Waals surface area contributed by atoms with E-state index in [1.54, 1.807) is 0 Å². The molecule has 0 bridgehead atoms. The number of hydrogen-bond acceptors (Lipinski definition) is 3. The minimum absolute atomic E-state index is 0.686. The first-order valence-electron chi connectivity index (χ1n) is 9.22. The molecule has 0 saturated carbocycles. The Kier molecular flexibility index (Phi) is 6.08. The van der Waals surface area contributed by atoms with Crippen LogP contribution in [0.25, 0.3) is 11.4 Å². The Morgan fingerprint density at radius 3 is 2.48 bits per heavy atom. The number of benzene rings is 2. The van der Waals surface area contributed by atoms with Crippen molar-refractivity contribution in [1.29, 1.82) is 0 Å². The molecule has 2 aromatic carbocycles. The zero-order chi connectivity index (χ0) is 19.4. The number of ether oxygens (including phenoxy) is 1. The number of rotatable bonds is 7. The molecule has 0 saturated heterocycles. The van der Waals surface area contributed by atoms with E-state index in [4.69, 9.17) is 22.1 Å². The van der Waals surface area contributed by atoms with E-state index in [1.807, 2.05) is 47.5 Å². The second kappa shape index (κ2) is 8.50. The maximum Gasteiger partial charge on any atom is 0.202 e. The number of aromatic nitrogens is 3. The molecule has 3 aromatic rings. The van der Waals surface area contributed by atoms with Gasteiger partial charge in [0.2, 0.25) is 4.77 Å². The SMILES string of the molecule is CCOc1ccc(C[NH+](C)Cn2nc(-c3ccccc3C)n(C)c2=S)cc1. The molecule has 1 unspecified atom stereocenters. The van der Waals surface area contributed by atoms with Crippen LogP contribution in [0.1, 0.15) is 18.1 Å². The van der Waals surface area contributed by atoms with E-state index in [-0.39, 0.29) is 0 Å². The van der Waals surface area contributed by atoms with E-state index < -0.39 is 0 Å². The van der Waals surface area contributed by atoms with Crippen LogP contribution in [0.15, 0.2) is 48.5 Å². The highest BCUT2D eigenvalue weighted by atomic mass is 32.1. The fraction of sp³-hybridized carbons (Fsp3) is 0.333. The Balaban J connectivity index is 1.75. The van der Waals surface area contributed by atoms with Gasteiger partial charge < -0.3 is 14.2 Å². The summed E-state index contributed by atoms with van der Waals surface area (Å²) in [4.78, 5) is 1.31. The van der Waals surface area contributed by atoms with Crippen LogP contribution >= 0.6 is 12.2 Å². The van der Waals surface area contributed by atoms with Gasteiger partial charge in [0.25, 0.3) is 0 Å². The molecule has 1 heterocycles. The van der Waals surface area contributed by atoms with Crippen molar-refractivity contribution in [3.63, 3.8) is 0 Å². The molecular weight excluding hydrogens is 356 g/mol. The van der Waals surface area contributed by atoms with Crippen molar-refractivity contribution in [2.45, 2.75) is 27.1 Å². The monoisotopic (exact) mass is 383 g/mol. The Bertz CT molecular complexity index is 959. The van der Waals surface area contributed by atoms with E-state index in [2.05, 4.69) is 38.2 Å². The van der Waals surface area contributed by atoms with Crippen LogP contribution < -0.4 is 9.64 Å². The molecule has 0 aliphatic carbocycles. The Labute approximate surface area is 165 Å². The van der Waals surface area contributed by atoms with Gasteiger partial charge in [-0.05, 0) is 55.9 Å². The maximum atomic E-state index is 5.62. The average Bonchev–Trinajstić information content (AvgIpc) is 2.92. The first-order chi connectivity index (χ1) is 13.0. The van der Waals surface area contributed by atoms with Crippen molar-refractivity contribution >= 4 is 12.2 Å². The Hall–Kier alpha value is -2.44. The molecule has 1 aromatic heterocycles. The molecule has 0 fully saturated rings. The number of quaternary nitrogens is 1. The first kappa shape index (κ1) is 19.3.